The van der Waals surface area contributed by atoms with Crippen LogP contribution >= 0.6 is 15.9 Å². The van der Waals surface area contributed by atoms with Crippen molar-refractivity contribution >= 4 is 15.9 Å². The number of hydrogen-bond donors (Lipinski definition) is 1. The van der Waals surface area contributed by atoms with Gasteiger partial charge in [-0.15, -0.1) is 0 Å². The second-order valence-corrected chi connectivity index (χ2v) is 5.64. The van der Waals surface area contributed by atoms with E-state index in [1.807, 2.05) is 12.1 Å². The van der Waals surface area contributed by atoms with Gasteiger partial charge in [0.1, 0.15) is 5.82 Å². The van der Waals surface area contributed by atoms with Crippen LogP contribution in [-0.2, 0) is 4.74 Å². The molecule has 0 bridgehead atoms. The molecule has 18 heavy (non-hydrogen) atoms. The lowest BCUT2D eigenvalue weighted by Gasteiger charge is -2.24. The van der Waals surface area contributed by atoms with Crippen LogP contribution in [0.15, 0.2) is 22.7 Å². The van der Waals surface area contributed by atoms with Gasteiger partial charge in [-0.2, -0.15) is 0 Å². The monoisotopic (exact) mass is 315 g/mol. The van der Waals surface area contributed by atoms with E-state index < -0.39 is 0 Å². The first-order chi connectivity index (χ1) is 8.72. The summed E-state index contributed by atoms with van der Waals surface area (Å²) in [5, 5.41) is 3.45. The quantitative estimate of drug-likeness (QED) is 0.895. The molecule has 0 radical (unpaired) electrons. The van der Waals surface area contributed by atoms with E-state index >= 15 is 0 Å². The molecule has 1 heterocycles. The van der Waals surface area contributed by atoms with Gasteiger partial charge in [0.25, 0.3) is 0 Å². The molecule has 2 unspecified atom stereocenters. The zero-order chi connectivity index (χ0) is 13.0. The Morgan fingerprint density at radius 3 is 3.00 bits per heavy atom. The Morgan fingerprint density at radius 2 is 2.39 bits per heavy atom. The molecular formula is C14H19BrFNO. The van der Waals surface area contributed by atoms with E-state index in [2.05, 4.69) is 28.2 Å². The fourth-order valence-corrected chi connectivity index (χ4v) is 2.73. The van der Waals surface area contributed by atoms with Crippen molar-refractivity contribution in [1.82, 2.24) is 5.32 Å². The summed E-state index contributed by atoms with van der Waals surface area (Å²) >= 11 is 3.30. The Kier molecular flexibility index (Phi) is 5.15. The van der Waals surface area contributed by atoms with Gasteiger partial charge in [0.15, 0.2) is 0 Å². The summed E-state index contributed by atoms with van der Waals surface area (Å²) in [5.74, 6) is 0.220. The third kappa shape index (κ3) is 3.31. The van der Waals surface area contributed by atoms with Gasteiger partial charge in [0.2, 0.25) is 0 Å². The van der Waals surface area contributed by atoms with Gasteiger partial charge in [0.05, 0.1) is 6.61 Å². The summed E-state index contributed by atoms with van der Waals surface area (Å²) in [7, 11) is 0. The predicted octanol–water partition coefficient (Wildman–Crippen LogP) is 3.67. The van der Waals surface area contributed by atoms with E-state index in [0.717, 1.165) is 42.6 Å². The van der Waals surface area contributed by atoms with E-state index in [0.29, 0.717) is 5.92 Å². The van der Waals surface area contributed by atoms with Crippen LogP contribution in [0.4, 0.5) is 4.39 Å². The molecule has 2 rings (SSSR count). The minimum atomic E-state index is -0.148. The fraction of sp³-hybridized carbons (Fsp3) is 0.571. The zero-order valence-corrected chi connectivity index (χ0v) is 12.2. The van der Waals surface area contributed by atoms with Crippen molar-refractivity contribution in [1.29, 1.82) is 0 Å². The molecule has 1 aromatic carbocycles. The van der Waals surface area contributed by atoms with Gasteiger partial charge in [-0.05, 0) is 31.5 Å². The molecule has 0 aromatic heterocycles. The molecule has 1 aliphatic heterocycles. The summed E-state index contributed by atoms with van der Waals surface area (Å²) in [6.07, 6.45) is 2.04. The lowest BCUT2D eigenvalue weighted by atomic mass is 9.92. The lowest BCUT2D eigenvalue weighted by molar-refractivity contribution is 0.176. The minimum absolute atomic E-state index is 0.0561. The second-order valence-electron chi connectivity index (χ2n) is 4.72. The molecule has 1 aromatic rings. The first kappa shape index (κ1) is 14.0. The van der Waals surface area contributed by atoms with Crippen molar-refractivity contribution in [3.63, 3.8) is 0 Å². The van der Waals surface area contributed by atoms with Crippen molar-refractivity contribution in [3.05, 3.63) is 34.1 Å². The Balaban J connectivity index is 2.20. The van der Waals surface area contributed by atoms with E-state index in [4.69, 9.17) is 4.74 Å². The number of halogens is 2. The van der Waals surface area contributed by atoms with Crippen LogP contribution in [0.25, 0.3) is 0 Å². The maximum atomic E-state index is 14.1. The van der Waals surface area contributed by atoms with E-state index in [1.165, 1.54) is 6.07 Å². The third-order valence-corrected chi connectivity index (χ3v) is 3.84. The highest BCUT2D eigenvalue weighted by atomic mass is 79.9. The summed E-state index contributed by atoms with van der Waals surface area (Å²) in [5.41, 5.74) is 0.752. The molecule has 0 saturated carbocycles. The average molecular weight is 316 g/mol. The summed E-state index contributed by atoms with van der Waals surface area (Å²) < 4.78 is 20.3. The molecular weight excluding hydrogens is 297 g/mol. The van der Waals surface area contributed by atoms with Gasteiger partial charge >= 0.3 is 0 Å². The Bertz CT molecular complexity index is 393. The zero-order valence-electron chi connectivity index (χ0n) is 10.6. The standard InChI is InChI=1S/C14H19BrFNO/c1-2-6-17-14(10-5-7-18-9-10)12-4-3-11(15)8-13(12)16/h3-4,8,10,14,17H,2,5-7,9H2,1H3. The summed E-state index contributed by atoms with van der Waals surface area (Å²) in [6, 6.07) is 5.35. The predicted molar refractivity (Wildman–Crippen MR) is 74.1 cm³/mol. The van der Waals surface area contributed by atoms with Gasteiger partial charge < -0.3 is 10.1 Å². The summed E-state index contributed by atoms with van der Waals surface area (Å²) in [4.78, 5) is 0. The molecule has 2 atom stereocenters. The average Bonchev–Trinajstić information content (AvgIpc) is 2.85. The van der Waals surface area contributed by atoms with Crippen LogP contribution in [0.2, 0.25) is 0 Å². The first-order valence-electron chi connectivity index (χ1n) is 6.48. The van der Waals surface area contributed by atoms with Crippen LogP contribution in [0.3, 0.4) is 0 Å². The van der Waals surface area contributed by atoms with E-state index in [9.17, 15) is 4.39 Å². The van der Waals surface area contributed by atoms with Crippen molar-refractivity contribution in [2.45, 2.75) is 25.8 Å². The number of hydrogen-bond acceptors (Lipinski definition) is 2. The highest BCUT2D eigenvalue weighted by Gasteiger charge is 2.28. The van der Waals surface area contributed by atoms with Crippen molar-refractivity contribution in [2.75, 3.05) is 19.8 Å². The molecule has 1 aliphatic rings. The minimum Gasteiger partial charge on any atom is -0.381 e. The third-order valence-electron chi connectivity index (χ3n) is 3.35. The molecule has 0 amide bonds. The molecule has 1 N–H and O–H groups in total. The van der Waals surface area contributed by atoms with Crippen molar-refractivity contribution in [2.24, 2.45) is 5.92 Å². The van der Waals surface area contributed by atoms with Crippen LogP contribution in [0, 0.1) is 11.7 Å². The van der Waals surface area contributed by atoms with Gasteiger partial charge in [-0.3, -0.25) is 0 Å². The maximum absolute atomic E-state index is 14.1. The Hall–Kier alpha value is -0.450. The smallest absolute Gasteiger partial charge is 0.129 e. The SMILES string of the molecule is CCCNC(c1ccc(Br)cc1F)C1CCOC1. The van der Waals surface area contributed by atoms with E-state index in [-0.39, 0.29) is 11.9 Å². The Morgan fingerprint density at radius 1 is 1.56 bits per heavy atom. The highest BCUT2D eigenvalue weighted by Crippen LogP contribution is 2.31. The molecule has 0 aliphatic carbocycles. The van der Waals surface area contributed by atoms with Crippen molar-refractivity contribution < 1.29 is 9.13 Å². The topological polar surface area (TPSA) is 21.3 Å². The van der Waals surface area contributed by atoms with Crippen molar-refractivity contribution in [3.8, 4) is 0 Å². The van der Waals surface area contributed by atoms with Crippen LogP contribution in [0.5, 0.6) is 0 Å². The van der Waals surface area contributed by atoms with E-state index in [1.54, 1.807) is 0 Å². The number of benzene rings is 1. The van der Waals surface area contributed by atoms with Crippen LogP contribution < -0.4 is 5.32 Å². The number of nitrogens with one attached hydrogen (secondary N) is 1. The molecule has 1 fully saturated rings. The number of rotatable bonds is 5. The second kappa shape index (κ2) is 6.64. The largest absolute Gasteiger partial charge is 0.381 e. The van der Waals surface area contributed by atoms with Crippen LogP contribution in [-0.4, -0.2) is 19.8 Å². The fourth-order valence-electron chi connectivity index (χ4n) is 2.40. The molecule has 100 valence electrons. The molecule has 2 nitrogen and oxygen atoms in total. The molecule has 0 spiro atoms. The highest BCUT2D eigenvalue weighted by molar-refractivity contribution is 9.10. The van der Waals surface area contributed by atoms with Gasteiger partial charge in [-0.1, -0.05) is 28.9 Å². The Labute approximate surface area is 116 Å². The lowest BCUT2D eigenvalue weighted by Crippen LogP contribution is -2.30. The van der Waals surface area contributed by atoms with Gasteiger partial charge in [0, 0.05) is 28.6 Å². The molecule has 1 saturated heterocycles. The normalized spacial score (nSPS) is 21.2. The molecule has 4 heteroatoms. The summed E-state index contributed by atoms with van der Waals surface area (Å²) in [6.45, 7) is 4.52. The number of ether oxygens (including phenoxy) is 1. The van der Waals surface area contributed by atoms with Crippen LogP contribution in [0.1, 0.15) is 31.4 Å². The maximum Gasteiger partial charge on any atom is 0.129 e. The first-order valence-corrected chi connectivity index (χ1v) is 7.27. The van der Waals surface area contributed by atoms with Gasteiger partial charge in [-0.25, -0.2) is 4.39 Å².